The van der Waals surface area contributed by atoms with E-state index < -0.39 is 5.54 Å². The summed E-state index contributed by atoms with van der Waals surface area (Å²) in [5, 5.41) is 7.05. The average molecular weight is 465 g/mol. The topological polar surface area (TPSA) is 83.4 Å². The molecule has 2 aromatic rings. The van der Waals surface area contributed by atoms with Crippen molar-refractivity contribution in [3.63, 3.8) is 0 Å². The first kappa shape index (κ1) is 22.9. The highest BCUT2D eigenvalue weighted by Crippen LogP contribution is 2.42. The number of carbonyl (C=O) groups excluding carboxylic acids is 3. The molecule has 2 N–H and O–H groups in total. The minimum absolute atomic E-state index is 0.0139. The van der Waals surface area contributed by atoms with Crippen molar-refractivity contribution in [1.82, 2.24) is 14.8 Å². The van der Waals surface area contributed by atoms with Crippen LogP contribution in [-0.4, -0.2) is 44.8 Å². The molecular formula is C27H36N4O3. The normalized spacial score (nSPS) is 27.6. The summed E-state index contributed by atoms with van der Waals surface area (Å²) in [4.78, 5) is 42.1. The van der Waals surface area contributed by atoms with Crippen LogP contribution in [0.2, 0.25) is 0 Å². The molecule has 3 aliphatic rings. The Labute approximate surface area is 201 Å². The molecule has 2 fully saturated rings. The number of fused-ring (bicyclic) bond motifs is 3. The summed E-state index contributed by atoms with van der Waals surface area (Å²) in [6, 6.07) is 7.94. The van der Waals surface area contributed by atoms with Crippen molar-refractivity contribution in [3.05, 3.63) is 30.0 Å². The molecule has 0 bridgehead atoms. The van der Waals surface area contributed by atoms with E-state index in [0.29, 0.717) is 23.8 Å². The second kappa shape index (κ2) is 8.75. The summed E-state index contributed by atoms with van der Waals surface area (Å²) in [6.45, 7) is 6.03. The van der Waals surface area contributed by atoms with Crippen LogP contribution >= 0.6 is 0 Å². The third kappa shape index (κ3) is 3.79. The number of rotatable bonds is 4. The fourth-order valence-corrected chi connectivity index (χ4v) is 6.38. The van der Waals surface area contributed by atoms with E-state index in [2.05, 4.69) is 17.6 Å². The molecule has 1 aromatic carbocycles. The number of hydrogen-bond donors (Lipinski definition) is 2. The Morgan fingerprint density at radius 2 is 1.71 bits per heavy atom. The van der Waals surface area contributed by atoms with Gasteiger partial charge in [0.05, 0.1) is 17.7 Å². The Hall–Kier alpha value is -2.83. The first-order chi connectivity index (χ1) is 16.3. The monoisotopic (exact) mass is 464 g/mol. The second-order valence-electron chi connectivity index (χ2n) is 10.8. The van der Waals surface area contributed by atoms with E-state index in [0.717, 1.165) is 62.3 Å². The van der Waals surface area contributed by atoms with Gasteiger partial charge in [-0.15, -0.1) is 0 Å². The lowest BCUT2D eigenvalue weighted by Gasteiger charge is -2.49. The predicted molar refractivity (Wildman–Crippen MR) is 133 cm³/mol. The summed E-state index contributed by atoms with van der Waals surface area (Å²) >= 11 is 0. The molecule has 3 amide bonds. The van der Waals surface area contributed by atoms with E-state index in [1.807, 2.05) is 40.7 Å². The Morgan fingerprint density at radius 1 is 1.03 bits per heavy atom. The van der Waals surface area contributed by atoms with Gasteiger partial charge in [-0.2, -0.15) is 0 Å². The van der Waals surface area contributed by atoms with Crippen LogP contribution in [-0.2, 0) is 16.1 Å². The van der Waals surface area contributed by atoms with Crippen molar-refractivity contribution < 1.29 is 14.4 Å². The summed E-state index contributed by atoms with van der Waals surface area (Å²) in [5.74, 6) is 0.208. The molecule has 0 spiro atoms. The highest BCUT2D eigenvalue weighted by atomic mass is 16.2. The Morgan fingerprint density at radius 3 is 2.38 bits per heavy atom. The van der Waals surface area contributed by atoms with Crippen molar-refractivity contribution >= 4 is 34.3 Å². The van der Waals surface area contributed by atoms with E-state index in [4.69, 9.17) is 0 Å². The molecule has 5 rings (SSSR count). The molecule has 7 nitrogen and oxygen atoms in total. The largest absolute Gasteiger partial charge is 0.351 e. The second-order valence-corrected chi connectivity index (χ2v) is 10.8. The average Bonchev–Trinajstić information content (AvgIpc) is 3.41. The molecule has 0 radical (unpaired) electrons. The van der Waals surface area contributed by atoms with Crippen molar-refractivity contribution in [3.8, 4) is 0 Å². The maximum absolute atomic E-state index is 14.3. The molecule has 0 saturated heterocycles. The van der Waals surface area contributed by atoms with Gasteiger partial charge in [0.2, 0.25) is 11.8 Å². The van der Waals surface area contributed by atoms with Gasteiger partial charge in [-0.25, -0.2) is 0 Å². The first-order valence-corrected chi connectivity index (χ1v) is 12.8. The van der Waals surface area contributed by atoms with Gasteiger partial charge in [0.15, 0.2) is 0 Å². The lowest BCUT2D eigenvalue weighted by molar-refractivity contribution is -0.135. The highest BCUT2D eigenvalue weighted by Gasteiger charge is 2.52. The number of carbonyl (C=O) groups is 3. The van der Waals surface area contributed by atoms with Crippen LogP contribution in [0.15, 0.2) is 24.3 Å². The lowest BCUT2D eigenvalue weighted by Crippen LogP contribution is -2.67. The van der Waals surface area contributed by atoms with Gasteiger partial charge < -0.3 is 20.1 Å². The molecule has 1 atom stereocenters. The van der Waals surface area contributed by atoms with Gasteiger partial charge in [0.1, 0.15) is 11.2 Å². The quantitative estimate of drug-likeness (QED) is 0.701. The molecule has 2 heterocycles. The lowest BCUT2D eigenvalue weighted by atomic mass is 9.82. The smallest absolute Gasteiger partial charge is 0.273 e. The Bertz CT molecular complexity index is 1120. The third-order valence-electron chi connectivity index (χ3n) is 8.22. The number of nitrogens with one attached hydrogen (secondary N) is 2. The number of hydrogen-bond acceptors (Lipinski definition) is 3. The van der Waals surface area contributed by atoms with Crippen LogP contribution in [0.3, 0.4) is 0 Å². The molecule has 2 aliphatic carbocycles. The number of benzene rings is 1. The maximum atomic E-state index is 14.3. The number of aromatic nitrogens is 1. The number of anilines is 1. The molecule has 0 unspecified atom stereocenters. The molecule has 34 heavy (non-hydrogen) atoms. The zero-order valence-corrected chi connectivity index (χ0v) is 20.5. The number of para-hydroxylation sites is 1. The first-order valence-electron chi connectivity index (χ1n) is 12.8. The summed E-state index contributed by atoms with van der Waals surface area (Å²) in [6.07, 6.45) is 8.17. The van der Waals surface area contributed by atoms with Crippen molar-refractivity contribution in [1.29, 1.82) is 0 Å². The van der Waals surface area contributed by atoms with Gasteiger partial charge in [0.25, 0.3) is 5.91 Å². The molecular weight excluding hydrogens is 428 g/mol. The minimum Gasteiger partial charge on any atom is -0.351 e. The zero-order chi connectivity index (χ0) is 24.0. The summed E-state index contributed by atoms with van der Waals surface area (Å²) in [7, 11) is 0. The molecule has 7 heteroatoms. The van der Waals surface area contributed by atoms with Gasteiger partial charge in [-0.3, -0.25) is 14.4 Å². The highest BCUT2D eigenvalue weighted by molar-refractivity contribution is 6.14. The summed E-state index contributed by atoms with van der Waals surface area (Å²) in [5.41, 5.74) is 0.917. The minimum atomic E-state index is -0.993. The van der Waals surface area contributed by atoms with E-state index in [-0.39, 0.29) is 29.8 Å². The van der Waals surface area contributed by atoms with Crippen LogP contribution in [0.4, 0.5) is 5.69 Å². The fourth-order valence-electron chi connectivity index (χ4n) is 6.38. The van der Waals surface area contributed by atoms with Crippen molar-refractivity contribution in [2.24, 2.45) is 5.92 Å². The van der Waals surface area contributed by atoms with E-state index >= 15 is 0 Å². The van der Waals surface area contributed by atoms with Gasteiger partial charge in [-0.1, -0.05) is 38.0 Å². The summed E-state index contributed by atoms with van der Waals surface area (Å²) < 4.78 is 1.96. The van der Waals surface area contributed by atoms with Crippen LogP contribution in [0.1, 0.15) is 82.6 Å². The van der Waals surface area contributed by atoms with Crippen molar-refractivity contribution in [2.75, 3.05) is 5.32 Å². The van der Waals surface area contributed by atoms with Gasteiger partial charge >= 0.3 is 0 Å². The van der Waals surface area contributed by atoms with Crippen LogP contribution < -0.4 is 10.6 Å². The number of nitrogens with zero attached hydrogens (tertiary/aromatic N) is 2. The van der Waals surface area contributed by atoms with Crippen LogP contribution in [0.25, 0.3) is 10.9 Å². The predicted octanol–water partition coefficient (Wildman–Crippen LogP) is 4.45. The van der Waals surface area contributed by atoms with E-state index in [9.17, 15) is 14.4 Å². The van der Waals surface area contributed by atoms with Crippen LogP contribution in [0, 0.1) is 5.92 Å². The van der Waals surface area contributed by atoms with Crippen molar-refractivity contribution in [2.45, 2.75) is 96.3 Å². The molecule has 182 valence electrons. The third-order valence-corrected chi connectivity index (χ3v) is 8.22. The molecule has 1 aromatic heterocycles. The SMILES string of the molecule is CC(=O)Nc1c2n(c3ccccc13)C[C@@](C)(C(=O)NC1CCCC1)N(C1CCC(C)CC1)C2=O. The van der Waals surface area contributed by atoms with E-state index in [1.54, 1.807) is 0 Å². The van der Waals surface area contributed by atoms with Gasteiger partial charge in [0, 0.05) is 24.4 Å². The number of amides is 3. The molecule has 1 aliphatic heterocycles. The molecule has 2 saturated carbocycles. The zero-order valence-electron chi connectivity index (χ0n) is 20.5. The Balaban J connectivity index is 1.63. The van der Waals surface area contributed by atoms with Gasteiger partial charge in [-0.05, 0) is 57.4 Å². The fraction of sp³-hybridized carbons (Fsp3) is 0.593. The maximum Gasteiger partial charge on any atom is 0.273 e. The van der Waals surface area contributed by atoms with E-state index in [1.165, 1.54) is 6.92 Å². The van der Waals surface area contributed by atoms with Crippen LogP contribution in [0.5, 0.6) is 0 Å². The standard InChI is InChI=1S/C27H36N4O3/c1-17-12-14-20(15-13-17)31-25(33)24-23(28-18(2)32)21-10-6-7-11-22(21)30(24)16-27(31,3)26(34)29-19-8-4-5-9-19/h6-7,10-11,17,19-20H,4-5,8-9,12-16H2,1-3H3,(H,28,32)(H,29,34)/t17?,20?,27-/m0/s1. The Kier molecular flexibility index (Phi) is 5.90.